The molecule has 11 heteroatoms. The van der Waals surface area contributed by atoms with Crippen LogP contribution in [0.4, 0.5) is 22.0 Å². The maximum absolute atomic E-state index is 14.2. The molecule has 0 saturated carbocycles. The normalized spacial score (nSPS) is 17.9. The van der Waals surface area contributed by atoms with E-state index < -0.39 is 46.8 Å². The van der Waals surface area contributed by atoms with Gasteiger partial charge in [0.25, 0.3) is 5.91 Å². The Balaban J connectivity index is 1.35. The molecule has 6 nitrogen and oxygen atoms in total. The Morgan fingerprint density at radius 2 is 1.51 bits per heavy atom. The number of hydrogen-bond acceptors (Lipinski definition) is 5. The molecule has 246 valence electrons. The maximum Gasteiger partial charge on any atom is 0.257 e. The van der Waals surface area contributed by atoms with Gasteiger partial charge in [0.05, 0.1) is 18.8 Å². The first-order valence-corrected chi connectivity index (χ1v) is 14.9. The third-order valence-corrected chi connectivity index (χ3v) is 7.96. The van der Waals surface area contributed by atoms with E-state index in [0.717, 1.165) is 22.3 Å². The molecule has 0 aromatic heterocycles. The lowest BCUT2D eigenvalue weighted by Gasteiger charge is -2.37. The van der Waals surface area contributed by atoms with Crippen molar-refractivity contribution in [3.8, 4) is 11.1 Å². The van der Waals surface area contributed by atoms with E-state index >= 15 is 0 Å². The van der Waals surface area contributed by atoms with Crippen molar-refractivity contribution in [3.05, 3.63) is 142 Å². The number of nitrogens with zero attached hydrogens (tertiary/aromatic N) is 1. The predicted octanol–water partition coefficient (Wildman–Crippen LogP) is 7.13. The number of ether oxygens (including phenoxy) is 2. The van der Waals surface area contributed by atoms with Gasteiger partial charge in [-0.05, 0) is 34.9 Å². The summed E-state index contributed by atoms with van der Waals surface area (Å²) in [6.45, 7) is 4.85. The number of carbonyl (C=O) groups excluding carboxylic acids is 1. The quantitative estimate of drug-likeness (QED) is 0.0781. The fraction of sp³-hybridized carbons (Fsp3) is 0.250. The Kier molecular flexibility index (Phi) is 10.8. The second-order valence-electron chi connectivity index (χ2n) is 11.3. The number of rotatable bonds is 11. The molecular formula is C36H33F5N2O4. The minimum absolute atomic E-state index is 0.0559. The van der Waals surface area contributed by atoms with Crippen molar-refractivity contribution in [3.63, 3.8) is 0 Å². The van der Waals surface area contributed by atoms with Gasteiger partial charge in [0.2, 0.25) is 5.82 Å². The molecular weight excluding hydrogens is 619 g/mol. The van der Waals surface area contributed by atoms with Crippen molar-refractivity contribution >= 4 is 5.91 Å². The molecule has 1 aliphatic rings. The molecule has 47 heavy (non-hydrogen) atoms. The monoisotopic (exact) mass is 652 g/mol. The molecule has 1 aliphatic heterocycles. The average Bonchev–Trinajstić information content (AvgIpc) is 3.09. The minimum Gasteiger partial charge on any atom is -0.392 e. The van der Waals surface area contributed by atoms with Gasteiger partial charge in [-0.3, -0.25) is 4.79 Å². The molecule has 0 unspecified atom stereocenters. The summed E-state index contributed by atoms with van der Waals surface area (Å²) in [6, 6.07) is 21.9. The highest BCUT2D eigenvalue weighted by Gasteiger charge is 2.33. The minimum atomic E-state index is -2.34. The van der Waals surface area contributed by atoms with Crippen molar-refractivity contribution in [2.75, 3.05) is 20.1 Å². The average molecular weight is 653 g/mol. The summed E-state index contributed by atoms with van der Waals surface area (Å²) in [5.74, 6) is -12.6. The van der Waals surface area contributed by atoms with Crippen LogP contribution in [0.3, 0.4) is 0 Å². The van der Waals surface area contributed by atoms with Gasteiger partial charge in [-0.15, -0.1) is 6.58 Å². The van der Waals surface area contributed by atoms with Crippen molar-refractivity contribution < 1.29 is 41.3 Å². The Hall–Kier alpha value is -4.42. The van der Waals surface area contributed by atoms with Crippen LogP contribution in [-0.2, 0) is 22.6 Å². The first-order valence-electron chi connectivity index (χ1n) is 14.9. The molecule has 1 fully saturated rings. The van der Waals surface area contributed by atoms with Crippen LogP contribution in [0.15, 0.2) is 85.5 Å². The highest BCUT2D eigenvalue weighted by atomic mass is 19.2. The predicted molar refractivity (Wildman–Crippen MR) is 165 cm³/mol. The van der Waals surface area contributed by atoms with E-state index in [0.29, 0.717) is 30.6 Å². The molecule has 2 N–H and O–H groups in total. The summed E-state index contributed by atoms with van der Waals surface area (Å²) in [5, 5.41) is 11.7. The van der Waals surface area contributed by atoms with E-state index in [2.05, 4.69) is 16.8 Å². The molecule has 1 amide bonds. The number of benzene rings is 4. The second kappa shape index (κ2) is 15.0. The Morgan fingerprint density at radius 1 is 0.894 bits per heavy atom. The van der Waals surface area contributed by atoms with Crippen molar-refractivity contribution in [2.24, 2.45) is 0 Å². The molecule has 3 atom stereocenters. The lowest BCUT2D eigenvalue weighted by atomic mass is 9.97. The van der Waals surface area contributed by atoms with E-state index in [1.54, 1.807) is 24.3 Å². The summed E-state index contributed by atoms with van der Waals surface area (Å²) in [6.07, 6.45) is 1.35. The molecule has 0 aliphatic carbocycles. The number of aliphatic hydroxyl groups excluding tert-OH is 1. The van der Waals surface area contributed by atoms with Crippen molar-refractivity contribution in [2.45, 2.75) is 38.1 Å². The first kappa shape index (κ1) is 33.9. The van der Waals surface area contributed by atoms with Crippen molar-refractivity contribution in [1.29, 1.82) is 0 Å². The van der Waals surface area contributed by atoms with Crippen LogP contribution in [-0.4, -0.2) is 42.2 Å². The summed E-state index contributed by atoms with van der Waals surface area (Å²) in [7, 11) is 1.98. The Bertz CT molecular complexity index is 1700. The number of amides is 1. The van der Waals surface area contributed by atoms with E-state index in [1.165, 1.54) is 0 Å². The summed E-state index contributed by atoms with van der Waals surface area (Å²) in [5.41, 5.74) is 2.93. The zero-order chi connectivity index (χ0) is 33.7. The van der Waals surface area contributed by atoms with E-state index in [4.69, 9.17) is 9.47 Å². The molecule has 4 aromatic carbocycles. The molecule has 4 aromatic rings. The highest BCUT2D eigenvalue weighted by Crippen LogP contribution is 2.39. The van der Waals surface area contributed by atoms with Crippen LogP contribution < -0.4 is 5.32 Å². The number of likely N-dealkylation sites (N-methyl/N-ethyl adjacent to an activating group) is 1. The number of aliphatic hydroxyl groups is 1. The number of hydrogen-bond donors (Lipinski definition) is 2. The molecule has 1 heterocycles. The van der Waals surface area contributed by atoms with Crippen LogP contribution in [0.1, 0.15) is 51.4 Å². The molecule has 0 spiro atoms. The summed E-state index contributed by atoms with van der Waals surface area (Å²) < 4.78 is 81.9. The zero-order valence-corrected chi connectivity index (χ0v) is 25.5. The van der Waals surface area contributed by atoms with Gasteiger partial charge in [-0.1, -0.05) is 78.9 Å². The standard InChI is InChI=1S/C36H33F5N2O4/c1-3-16-43(2)19-26-17-28(23-10-8-21(20-44)9-11-23)47-36(46-26)24-14-12-22(13-15-24)27-7-5-4-6-25(27)18-42-35(45)29-30(37)32(39)34(41)33(40)31(29)38/h3-15,26,28,36,44H,1,16-20H2,2H3,(H,42,45)/t26-,28+,36+/m0/s1. The summed E-state index contributed by atoms with van der Waals surface area (Å²) >= 11 is 0. The smallest absolute Gasteiger partial charge is 0.257 e. The third-order valence-electron chi connectivity index (χ3n) is 7.96. The van der Waals surface area contributed by atoms with Crippen LogP contribution in [0.2, 0.25) is 0 Å². The third kappa shape index (κ3) is 7.60. The topological polar surface area (TPSA) is 71.0 Å². The lowest BCUT2D eigenvalue weighted by Crippen LogP contribution is -2.37. The van der Waals surface area contributed by atoms with Gasteiger partial charge in [-0.25, -0.2) is 22.0 Å². The molecule has 0 bridgehead atoms. The number of carbonyl (C=O) groups is 1. The largest absolute Gasteiger partial charge is 0.392 e. The van der Waals surface area contributed by atoms with Crippen LogP contribution in [0.25, 0.3) is 11.1 Å². The van der Waals surface area contributed by atoms with Gasteiger partial charge in [0.1, 0.15) is 5.56 Å². The van der Waals surface area contributed by atoms with E-state index in [9.17, 15) is 31.9 Å². The fourth-order valence-corrected chi connectivity index (χ4v) is 5.52. The molecule has 1 saturated heterocycles. The van der Waals surface area contributed by atoms with E-state index in [1.807, 2.05) is 61.7 Å². The molecule has 5 rings (SSSR count). The van der Waals surface area contributed by atoms with Gasteiger partial charge >= 0.3 is 0 Å². The SMILES string of the molecule is C=CCN(C)C[C@@H]1C[C@H](c2ccc(CO)cc2)O[C@H](c2ccc(-c3ccccc3CNC(=O)c3c(F)c(F)c(F)c(F)c3F)cc2)O1. The van der Waals surface area contributed by atoms with E-state index in [-0.39, 0.29) is 25.4 Å². The fourth-order valence-electron chi connectivity index (χ4n) is 5.52. The highest BCUT2D eigenvalue weighted by molar-refractivity contribution is 5.95. The molecule has 0 radical (unpaired) electrons. The lowest BCUT2D eigenvalue weighted by molar-refractivity contribution is -0.252. The maximum atomic E-state index is 14.2. The van der Waals surface area contributed by atoms with Gasteiger partial charge < -0.3 is 24.8 Å². The van der Waals surface area contributed by atoms with Crippen molar-refractivity contribution in [1.82, 2.24) is 10.2 Å². The zero-order valence-electron chi connectivity index (χ0n) is 25.5. The Morgan fingerprint density at radius 3 is 2.15 bits per heavy atom. The van der Waals surface area contributed by atoms with Crippen LogP contribution >= 0.6 is 0 Å². The van der Waals surface area contributed by atoms with Gasteiger partial charge in [-0.2, -0.15) is 0 Å². The first-order chi connectivity index (χ1) is 22.6. The van der Waals surface area contributed by atoms with Gasteiger partial charge in [0, 0.05) is 31.6 Å². The van der Waals surface area contributed by atoms with Crippen LogP contribution in [0, 0.1) is 29.1 Å². The number of nitrogens with one attached hydrogen (secondary N) is 1. The van der Waals surface area contributed by atoms with Crippen LogP contribution in [0.5, 0.6) is 0 Å². The number of halogens is 5. The summed E-state index contributed by atoms with van der Waals surface area (Å²) in [4.78, 5) is 14.6. The Labute approximate surface area is 269 Å². The van der Waals surface area contributed by atoms with Gasteiger partial charge in [0.15, 0.2) is 29.6 Å². The second-order valence-corrected chi connectivity index (χ2v) is 11.3.